The highest BCUT2D eigenvalue weighted by atomic mass is 35.5. The van der Waals surface area contributed by atoms with Crippen LogP contribution in [0, 0.1) is 5.92 Å². The second-order valence-corrected chi connectivity index (χ2v) is 7.07. The molecule has 0 heterocycles. The first kappa shape index (κ1) is 17.2. The first-order chi connectivity index (χ1) is 9.33. The molecule has 0 unspecified atom stereocenters. The van der Waals surface area contributed by atoms with Gasteiger partial charge >= 0.3 is 0 Å². The van der Waals surface area contributed by atoms with Gasteiger partial charge in [0.25, 0.3) is 0 Å². The van der Waals surface area contributed by atoms with Crippen LogP contribution in [0.3, 0.4) is 0 Å². The third kappa shape index (κ3) is 5.66. The van der Waals surface area contributed by atoms with Crippen LogP contribution < -0.4 is 10.5 Å². The predicted molar refractivity (Wildman–Crippen MR) is 81.3 cm³/mol. The number of nitrogens with one attached hydrogen (secondary N) is 1. The third-order valence-electron chi connectivity index (χ3n) is 2.47. The Hall–Kier alpha value is -0.820. The summed E-state index contributed by atoms with van der Waals surface area (Å²) >= 11 is 5.74. The number of ether oxygens (including phenoxy) is 1. The summed E-state index contributed by atoms with van der Waals surface area (Å²) in [6, 6.07) is 4.31. The normalized spacial score (nSPS) is 12.0. The number of sulfonamides is 1. The van der Waals surface area contributed by atoms with E-state index in [1.807, 2.05) is 0 Å². The summed E-state index contributed by atoms with van der Waals surface area (Å²) in [6.45, 7) is 5.63. The smallest absolute Gasteiger partial charge is 0.242 e. The van der Waals surface area contributed by atoms with Gasteiger partial charge < -0.3 is 10.5 Å². The van der Waals surface area contributed by atoms with Gasteiger partial charge in [0.05, 0.1) is 5.69 Å². The zero-order valence-electron chi connectivity index (χ0n) is 11.7. The zero-order valence-corrected chi connectivity index (χ0v) is 13.3. The van der Waals surface area contributed by atoms with E-state index in [1.54, 1.807) is 0 Å². The van der Waals surface area contributed by atoms with Crippen LogP contribution in [0.15, 0.2) is 23.1 Å². The van der Waals surface area contributed by atoms with Crippen molar-refractivity contribution in [1.82, 2.24) is 4.72 Å². The SMILES string of the molecule is CC(C)COCCCNS(=O)(=O)c1ccc(Cl)cc1N. The zero-order chi connectivity index (χ0) is 15.2. The molecule has 0 spiro atoms. The van der Waals surface area contributed by atoms with E-state index in [-0.39, 0.29) is 10.6 Å². The van der Waals surface area contributed by atoms with Crippen LogP contribution in [0.25, 0.3) is 0 Å². The van der Waals surface area contributed by atoms with Crippen molar-refractivity contribution in [1.29, 1.82) is 0 Å². The highest BCUT2D eigenvalue weighted by Gasteiger charge is 2.16. The van der Waals surface area contributed by atoms with E-state index in [4.69, 9.17) is 22.1 Å². The molecular formula is C13H21ClN2O3S. The number of rotatable bonds is 8. The number of nitrogen functional groups attached to an aromatic ring is 1. The largest absolute Gasteiger partial charge is 0.398 e. The van der Waals surface area contributed by atoms with Crippen molar-refractivity contribution in [2.24, 2.45) is 5.92 Å². The molecule has 1 aromatic rings. The van der Waals surface area contributed by atoms with Crippen LogP contribution in [0.4, 0.5) is 5.69 Å². The van der Waals surface area contributed by atoms with Crippen LogP contribution in [0.2, 0.25) is 5.02 Å². The molecule has 1 aromatic carbocycles. The van der Waals surface area contributed by atoms with E-state index in [9.17, 15) is 8.42 Å². The fraction of sp³-hybridized carbons (Fsp3) is 0.538. The predicted octanol–water partition coefficient (Wildman–Crippen LogP) is 2.26. The number of benzene rings is 1. The van der Waals surface area contributed by atoms with Gasteiger partial charge in [-0.1, -0.05) is 25.4 Å². The molecular weight excluding hydrogens is 300 g/mol. The Bertz CT molecular complexity index is 532. The summed E-state index contributed by atoms with van der Waals surface area (Å²) < 4.78 is 31.9. The summed E-state index contributed by atoms with van der Waals surface area (Å²) in [5, 5.41) is 0.406. The Labute approximate surface area is 125 Å². The van der Waals surface area contributed by atoms with Gasteiger partial charge in [-0.2, -0.15) is 0 Å². The quantitative estimate of drug-likeness (QED) is 0.568. The Balaban J connectivity index is 2.46. The van der Waals surface area contributed by atoms with Gasteiger partial charge in [0, 0.05) is 24.8 Å². The van der Waals surface area contributed by atoms with E-state index in [0.29, 0.717) is 37.1 Å². The van der Waals surface area contributed by atoms with Gasteiger partial charge in [0.15, 0.2) is 0 Å². The topological polar surface area (TPSA) is 81.4 Å². The van der Waals surface area contributed by atoms with Crippen molar-refractivity contribution in [2.45, 2.75) is 25.2 Å². The summed E-state index contributed by atoms with van der Waals surface area (Å²) in [5.74, 6) is 0.473. The lowest BCUT2D eigenvalue weighted by Gasteiger charge is -2.10. The Kier molecular flexibility index (Phi) is 6.75. The highest BCUT2D eigenvalue weighted by molar-refractivity contribution is 7.89. The second kappa shape index (κ2) is 7.83. The second-order valence-electron chi connectivity index (χ2n) is 4.90. The minimum atomic E-state index is -3.60. The molecule has 20 heavy (non-hydrogen) atoms. The molecule has 3 N–H and O–H groups in total. The van der Waals surface area contributed by atoms with Crippen LogP contribution in [0.1, 0.15) is 20.3 Å². The van der Waals surface area contributed by atoms with E-state index in [2.05, 4.69) is 18.6 Å². The lowest BCUT2D eigenvalue weighted by Crippen LogP contribution is -2.26. The number of anilines is 1. The Morgan fingerprint density at radius 3 is 2.70 bits per heavy atom. The molecule has 0 radical (unpaired) electrons. The number of hydrogen-bond donors (Lipinski definition) is 2. The molecule has 0 aliphatic rings. The van der Waals surface area contributed by atoms with Gasteiger partial charge in [0.1, 0.15) is 4.90 Å². The maximum absolute atomic E-state index is 12.0. The van der Waals surface area contributed by atoms with E-state index >= 15 is 0 Å². The molecule has 5 nitrogen and oxygen atoms in total. The van der Waals surface area contributed by atoms with Crippen molar-refractivity contribution < 1.29 is 13.2 Å². The van der Waals surface area contributed by atoms with Crippen LogP contribution in [-0.2, 0) is 14.8 Å². The van der Waals surface area contributed by atoms with Gasteiger partial charge in [-0.15, -0.1) is 0 Å². The van der Waals surface area contributed by atoms with E-state index < -0.39 is 10.0 Å². The summed E-state index contributed by atoms with van der Waals surface area (Å²) in [7, 11) is -3.60. The molecule has 0 fully saturated rings. The van der Waals surface area contributed by atoms with Crippen molar-refractivity contribution in [3.05, 3.63) is 23.2 Å². The molecule has 0 bridgehead atoms. The number of nitrogens with two attached hydrogens (primary N) is 1. The number of hydrogen-bond acceptors (Lipinski definition) is 4. The van der Waals surface area contributed by atoms with Crippen molar-refractivity contribution in [3.8, 4) is 0 Å². The average molecular weight is 321 g/mol. The van der Waals surface area contributed by atoms with Crippen molar-refractivity contribution in [3.63, 3.8) is 0 Å². The minimum absolute atomic E-state index is 0.0463. The highest BCUT2D eigenvalue weighted by Crippen LogP contribution is 2.22. The third-order valence-corrected chi connectivity index (χ3v) is 4.24. The maximum atomic E-state index is 12.0. The van der Waals surface area contributed by atoms with Crippen LogP contribution in [0.5, 0.6) is 0 Å². The first-order valence-corrected chi connectivity index (χ1v) is 8.31. The monoisotopic (exact) mass is 320 g/mol. The van der Waals surface area contributed by atoms with Crippen LogP contribution >= 0.6 is 11.6 Å². The molecule has 0 saturated carbocycles. The molecule has 114 valence electrons. The standard InChI is InChI=1S/C13H21ClN2O3S/c1-10(2)9-19-7-3-6-16-20(17,18)13-5-4-11(14)8-12(13)15/h4-5,8,10,16H,3,6-7,9,15H2,1-2H3. The maximum Gasteiger partial charge on any atom is 0.242 e. The summed E-state index contributed by atoms with van der Waals surface area (Å²) in [6.07, 6.45) is 0.611. The molecule has 0 amide bonds. The van der Waals surface area contributed by atoms with Gasteiger partial charge in [0.2, 0.25) is 10.0 Å². The fourth-order valence-electron chi connectivity index (χ4n) is 1.54. The molecule has 0 aliphatic carbocycles. The van der Waals surface area contributed by atoms with Gasteiger partial charge in [-0.05, 0) is 30.5 Å². The van der Waals surface area contributed by atoms with Crippen molar-refractivity contribution >= 4 is 27.3 Å². The van der Waals surface area contributed by atoms with Gasteiger partial charge in [-0.3, -0.25) is 0 Å². The summed E-state index contributed by atoms with van der Waals surface area (Å²) in [4.78, 5) is 0.0463. The molecule has 0 aromatic heterocycles. The van der Waals surface area contributed by atoms with E-state index in [0.717, 1.165) is 0 Å². The lowest BCUT2D eigenvalue weighted by molar-refractivity contribution is 0.108. The average Bonchev–Trinajstić information content (AvgIpc) is 2.32. The molecule has 7 heteroatoms. The van der Waals surface area contributed by atoms with Gasteiger partial charge in [-0.25, -0.2) is 13.1 Å². The number of halogens is 1. The van der Waals surface area contributed by atoms with Crippen LogP contribution in [-0.4, -0.2) is 28.2 Å². The molecule has 0 aliphatic heterocycles. The molecule has 0 atom stereocenters. The lowest BCUT2D eigenvalue weighted by atomic mass is 10.2. The Morgan fingerprint density at radius 2 is 2.10 bits per heavy atom. The Morgan fingerprint density at radius 1 is 1.40 bits per heavy atom. The van der Waals surface area contributed by atoms with E-state index in [1.165, 1.54) is 18.2 Å². The molecule has 1 rings (SSSR count). The molecule has 0 saturated heterocycles. The first-order valence-electron chi connectivity index (χ1n) is 6.45. The van der Waals surface area contributed by atoms with Crippen molar-refractivity contribution in [2.75, 3.05) is 25.5 Å². The summed E-state index contributed by atoms with van der Waals surface area (Å²) in [5.41, 5.74) is 5.80. The fourth-order valence-corrected chi connectivity index (χ4v) is 2.91. The minimum Gasteiger partial charge on any atom is -0.398 e.